The Morgan fingerprint density at radius 3 is 2.58 bits per heavy atom. The topological polar surface area (TPSA) is 52.9 Å². The molecule has 1 aliphatic rings. The van der Waals surface area contributed by atoms with Gasteiger partial charge in [0.2, 0.25) is 0 Å². The number of hydrogen-bond donors (Lipinski definition) is 1. The summed E-state index contributed by atoms with van der Waals surface area (Å²) in [6, 6.07) is 13.8. The van der Waals surface area contributed by atoms with E-state index in [1.165, 1.54) is 23.0 Å². The molecule has 1 N–H and O–H groups in total. The number of rotatable bonds is 3. The molecular weight excluding hydrogens is 364 g/mol. The summed E-state index contributed by atoms with van der Waals surface area (Å²) in [5.74, 6) is -0.120. The second kappa shape index (κ2) is 7.17. The number of nitrogens with zero attached hydrogens (tertiary/aromatic N) is 2. The predicted octanol–water partition coefficient (Wildman–Crippen LogP) is 4.28. The maximum absolute atomic E-state index is 12.4. The van der Waals surface area contributed by atoms with E-state index in [4.69, 9.17) is 23.8 Å². The molecule has 0 aromatic heterocycles. The van der Waals surface area contributed by atoms with E-state index in [0.29, 0.717) is 19.8 Å². The molecule has 3 rings (SSSR count). The van der Waals surface area contributed by atoms with Crippen molar-refractivity contribution in [3.05, 3.63) is 69.6 Å². The Hall–Kier alpha value is -2.15. The van der Waals surface area contributed by atoms with E-state index >= 15 is 0 Å². The lowest BCUT2D eigenvalue weighted by atomic mass is 10.2. The molecule has 0 bridgehead atoms. The molecule has 0 spiro atoms. The van der Waals surface area contributed by atoms with Crippen molar-refractivity contribution in [2.24, 2.45) is 5.10 Å². The van der Waals surface area contributed by atoms with E-state index in [1.54, 1.807) is 42.5 Å². The first-order valence-electron chi connectivity index (χ1n) is 6.90. The predicted molar refractivity (Wildman–Crippen MR) is 102 cm³/mol. The molecule has 1 heterocycles. The van der Waals surface area contributed by atoms with Gasteiger partial charge in [-0.3, -0.25) is 4.79 Å². The molecule has 0 radical (unpaired) electrons. The van der Waals surface area contributed by atoms with Gasteiger partial charge in [0.15, 0.2) is 4.32 Å². The van der Waals surface area contributed by atoms with Gasteiger partial charge in [-0.05, 0) is 42.1 Å². The van der Waals surface area contributed by atoms with E-state index < -0.39 is 0 Å². The molecule has 120 valence electrons. The molecular formula is C17H11ClN2O2S2. The van der Waals surface area contributed by atoms with Crippen LogP contribution in [0.5, 0.6) is 5.75 Å². The van der Waals surface area contributed by atoms with Crippen LogP contribution >= 0.6 is 35.6 Å². The molecule has 7 heteroatoms. The minimum absolute atomic E-state index is 0.170. The van der Waals surface area contributed by atoms with Gasteiger partial charge in [0.25, 0.3) is 5.91 Å². The zero-order chi connectivity index (χ0) is 17.1. The number of halogens is 1. The lowest BCUT2D eigenvalue weighted by Crippen LogP contribution is -2.22. The van der Waals surface area contributed by atoms with E-state index in [0.717, 1.165) is 5.56 Å². The van der Waals surface area contributed by atoms with Crippen LogP contribution in [0.1, 0.15) is 11.1 Å². The summed E-state index contributed by atoms with van der Waals surface area (Å²) >= 11 is 12.5. The van der Waals surface area contributed by atoms with Gasteiger partial charge >= 0.3 is 0 Å². The minimum Gasteiger partial charge on any atom is -0.508 e. The van der Waals surface area contributed by atoms with Crippen LogP contribution in [-0.4, -0.2) is 26.6 Å². The highest BCUT2D eigenvalue weighted by molar-refractivity contribution is 8.26. The fraction of sp³-hybridized carbons (Fsp3) is 0. The van der Waals surface area contributed by atoms with E-state index in [1.807, 2.05) is 12.1 Å². The highest BCUT2D eigenvalue weighted by Crippen LogP contribution is 2.33. The summed E-state index contributed by atoms with van der Waals surface area (Å²) < 4.78 is 0.355. The molecule has 0 unspecified atom stereocenters. The number of aromatic hydroxyl groups is 1. The van der Waals surface area contributed by atoms with Crippen LogP contribution in [0.4, 0.5) is 0 Å². The summed E-state index contributed by atoms with van der Waals surface area (Å²) in [5, 5.41) is 15.2. The third-order valence-electron chi connectivity index (χ3n) is 3.18. The van der Waals surface area contributed by atoms with Gasteiger partial charge < -0.3 is 5.11 Å². The maximum Gasteiger partial charge on any atom is 0.286 e. The molecule has 0 aliphatic carbocycles. The number of thioether (sulfide) groups is 1. The number of phenolic OH excluding ortho intramolecular Hbond substituents is 1. The van der Waals surface area contributed by atoms with Crippen molar-refractivity contribution < 1.29 is 9.90 Å². The number of hydrogen-bond acceptors (Lipinski definition) is 5. The zero-order valence-electron chi connectivity index (χ0n) is 12.2. The van der Waals surface area contributed by atoms with Gasteiger partial charge in [-0.25, -0.2) is 0 Å². The molecule has 1 fully saturated rings. The fourth-order valence-corrected chi connectivity index (χ4v) is 3.34. The molecule has 4 nitrogen and oxygen atoms in total. The lowest BCUT2D eigenvalue weighted by Gasteiger charge is -2.06. The van der Waals surface area contributed by atoms with Gasteiger partial charge in [0.1, 0.15) is 5.75 Å². The minimum atomic E-state index is -0.290. The summed E-state index contributed by atoms with van der Waals surface area (Å²) in [7, 11) is 0. The largest absolute Gasteiger partial charge is 0.508 e. The Balaban J connectivity index is 1.82. The fourth-order valence-electron chi connectivity index (χ4n) is 1.98. The van der Waals surface area contributed by atoms with Gasteiger partial charge in [-0.2, -0.15) is 10.1 Å². The van der Waals surface area contributed by atoms with Crippen molar-refractivity contribution in [1.29, 1.82) is 0 Å². The average molecular weight is 375 g/mol. The van der Waals surface area contributed by atoms with Crippen molar-refractivity contribution in [3.8, 4) is 5.75 Å². The number of benzene rings is 2. The summed E-state index contributed by atoms with van der Waals surface area (Å²) in [5.41, 5.74) is 1.50. The number of hydrazone groups is 1. The standard InChI is InChI=1S/C17H11ClN2O2S2/c18-14-4-2-1-3-12(14)10-19-20-16(22)15(24-17(20)23)9-11-5-7-13(21)8-6-11/h1-10,21H/b15-9-,19-10+. The zero-order valence-corrected chi connectivity index (χ0v) is 14.6. The third-order valence-corrected chi connectivity index (χ3v) is 4.81. The van der Waals surface area contributed by atoms with Crippen molar-refractivity contribution in [1.82, 2.24) is 5.01 Å². The van der Waals surface area contributed by atoms with Gasteiger partial charge in [0.05, 0.1) is 11.1 Å². The van der Waals surface area contributed by atoms with Crippen molar-refractivity contribution in [2.45, 2.75) is 0 Å². The lowest BCUT2D eigenvalue weighted by molar-refractivity contribution is -0.122. The number of thiocarbonyl (C=S) groups is 1. The monoisotopic (exact) mass is 374 g/mol. The van der Waals surface area contributed by atoms with Crippen molar-refractivity contribution >= 4 is 58.1 Å². The van der Waals surface area contributed by atoms with Crippen molar-refractivity contribution in [2.75, 3.05) is 0 Å². The van der Waals surface area contributed by atoms with Crippen molar-refractivity contribution in [3.63, 3.8) is 0 Å². The molecule has 24 heavy (non-hydrogen) atoms. The van der Waals surface area contributed by atoms with Crippen LogP contribution in [0.25, 0.3) is 6.08 Å². The molecule has 2 aromatic rings. The first-order chi connectivity index (χ1) is 11.5. The highest BCUT2D eigenvalue weighted by atomic mass is 35.5. The highest BCUT2D eigenvalue weighted by Gasteiger charge is 2.32. The van der Waals surface area contributed by atoms with Gasteiger partial charge in [-0.1, -0.05) is 53.7 Å². The van der Waals surface area contributed by atoms with E-state index in [-0.39, 0.29) is 11.7 Å². The second-order valence-electron chi connectivity index (χ2n) is 4.85. The van der Waals surface area contributed by atoms with Crippen LogP contribution in [-0.2, 0) is 4.79 Å². The number of amides is 1. The second-order valence-corrected chi connectivity index (χ2v) is 6.93. The van der Waals surface area contributed by atoms with Crippen LogP contribution < -0.4 is 0 Å². The Labute approximate surface area is 153 Å². The Bertz CT molecular complexity index is 863. The van der Waals surface area contributed by atoms with Gasteiger partial charge in [-0.15, -0.1) is 0 Å². The third kappa shape index (κ3) is 3.67. The summed E-state index contributed by atoms with van der Waals surface area (Å²) in [4.78, 5) is 12.9. The molecule has 1 aliphatic heterocycles. The van der Waals surface area contributed by atoms with E-state index in [9.17, 15) is 9.90 Å². The summed E-state index contributed by atoms with van der Waals surface area (Å²) in [6.07, 6.45) is 3.22. The Morgan fingerprint density at radius 1 is 1.17 bits per heavy atom. The van der Waals surface area contributed by atoms with Crippen LogP contribution in [0.15, 0.2) is 58.5 Å². The van der Waals surface area contributed by atoms with Crippen LogP contribution in [0.3, 0.4) is 0 Å². The number of carbonyl (C=O) groups excluding carboxylic acids is 1. The quantitative estimate of drug-likeness (QED) is 0.495. The molecule has 0 saturated carbocycles. The molecule has 2 aromatic carbocycles. The maximum atomic E-state index is 12.4. The van der Waals surface area contributed by atoms with Gasteiger partial charge in [0, 0.05) is 10.6 Å². The first-order valence-corrected chi connectivity index (χ1v) is 8.50. The average Bonchev–Trinajstić information content (AvgIpc) is 2.83. The number of phenols is 1. The van der Waals surface area contributed by atoms with E-state index in [2.05, 4.69) is 5.10 Å². The first kappa shape index (κ1) is 16.7. The van der Waals surface area contributed by atoms with Crippen LogP contribution in [0, 0.1) is 0 Å². The Morgan fingerprint density at radius 2 is 1.88 bits per heavy atom. The molecule has 1 amide bonds. The molecule has 1 saturated heterocycles. The summed E-state index contributed by atoms with van der Waals surface area (Å²) in [6.45, 7) is 0. The van der Waals surface area contributed by atoms with Crippen LogP contribution in [0.2, 0.25) is 5.02 Å². The molecule has 0 atom stereocenters. The SMILES string of the molecule is O=C1/C(=C/c2ccc(O)cc2)SC(=S)N1/N=C/c1ccccc1Cl. The smallest absolute Gasteiger partial charge is 0.286 e. The Kier molecular flexibility index (Phi) is 4.99. The number of carbonyl (C=O) groups is 1. The normalized spacial score (nSPS) is 16.5.